The first-order valence-electron chi connectivity index (χ1n) is 11.8. The number of fused-ring (bicyclic) bond motifs is 3. The molecule has 2 atom stereocenters. The zero-order chi connectivity index (χ0) is 23.2. The summed E-state index contributed by atoms with van der Waals surface area (Å²) in [7, 11) is 0. The molecule has 0 spiro atoms. The van der Waals surface area contributed by atoms with Crippen LogP contribution < -0.4 is 10.2 Å². The fraction of sp³-hybridized carbons (Fsp3) is 0.458. The third-order valence-corrected chi connectivity index (χ3v) is 7.03. The fourth-order valence-electron chi connectivity index (χ4n) is 5.33. The number of nitrogens with one attached hydrogen (secondary N) is 1. The number of amides is 1. The highest BCUT2D eigenvalue weighted by molar-refractivity contribution is 5.89. The molecule has 6 rings (SSSR count). The predicted octanol–water partition coefficient (Wildman–Crippen LogP) is 3.64. The Hall–Kier alpha value is -3.53. The largest absolute Gasteiger partial charge is 0.465 e. The number of morpholine rings is 1. The average Bonchev–Trinajstić information content (AvgIpc) is 3.41. The molecule has 34 heavy (non-hydrogen) atoms. The van der Waals surface area contributed by atoms with Gasteiger partial charge in [0.05, 0.1) is 29.8 Å². The van der Waals surface area contributed by atoms with Gasteiger partial charge in [0.25, 0.3) is 0 Å². The van der Waals surface area contributed by atoms with Crippen LogP contribution in [0.25, 0.3) is 22.4 Å². The number of carbonyl (C=O) groups excluding carboxylic acids is 1. The van der Waals surface area contributed by atoms with E-state index in [-0.39, 0.29) is 18.2 Å². The standard InChI is InChI=1S/C24H26N6O4/c31-17-7-5-16(6-8-17)30-23-20(11-25-30)22(29-12-18-9-10-19(13-29)34-18)27-21(28-23)14-1-3-15(4-2-14)26-24(32)33/h1-4,11,16,18-19,26H,5-10,12-13H2,(H,32,33). The van der Waals surface area contributed by atoms with Crippen LogP contribution in [0.2, 0.25) is 0 Å². The van der Waals surface area contributed by atoms with Crippen LogP contribution in [-0.4, -0.2) is 62.0 Å². The van der Waals surface area contributed by atoms with Gasteiger partial charge in [-0.2, -0.15) is 5.10 Å². The first kappa shape index (κ1) is 21.0. The summed E-state index contributed by atoms with van der Waals surface area (Å²) in [6.07, 6.45) is 5.98. The molecule has 10 heteroatoms. The van der Waals surface area contributed by atoms with Crippen LogP contribution >= 0.6 is 0 Å². The van der Waals surface area contributed by atoms with E-state index in [1.165, 1.54) is 0 Å². The van der Waals surface area contributed by atoms with Crippen molar-refractivity contribution in [3.8, 4) is 11.4 Å². The Balaban J connectivity index is 1.43. The maximum Gasteiger partial charge on any atom is 0.409 e. The summed E-state index contributed by atoms with van der Waals surface area (Å²) < 4.78 is 8.00. The molecular weight excluding hydrogens is 436 g/mol. The smallest absolute Gasteiger partial charge is 0.409 e. The molecule has 176 valence electrons. The molecule has 1 aliphatic carbocycles. The number of ketones is 1. The van der Waals surface area contributed by atoms with Crippen LogP contribution in [0.3, 0.4) is 0 Å². The molecule has 2 bridgehead atoms. The number of hydrogen-bond acceptors (Lipinski definition) is 7. The molecule has 3 aromatic rings. The topological polar surface area (TPSA) is 122 Å². The highest BCUT2D eigenvalue weighted by Gasteiger charge is 2.35. The van der Waals surface area contributed by atoms with Gasteiger partial charge >= 0.3 is 6.09 Å². The van der Waals surface area contributed by atoms with Gasteiger partial charge in [-0.25, -0.2) is 19.4 Å². The molecule has 4 heterocycles. The van der Waals surface area contributed by atoms with Gasteiger partial charge in [0.2, 0.25) is 0 Å². The van der Waals surface area contributed by atoms with Crippen molar-refractivity contribution in [1.29, 1.82) is 0 Å². The number of carboxylic acid groups (broad SMARTS) is 1. The highest BCUT2D eigenvalue weighted by Crippen LogP contribution is 2.36. The van der Waals surface area contributed by atoms with Gasteiger partial charge in [-0.15, -0.1) is 0 Å². The van der Waals surface area contributed by atoms with Crippen molar-refractivity contribution in [1.82, 2.24) is 19.7 Å². The van der Waals surface area contributed by atoms with E-state index in [4.69, 9.17) is 24.9 Å². The molecule has 1 saturated carbocycles. The van der Waals surface area contributed by atoms with E-state index in [2.05, 4.69) is 10.2 Å². The van der Waals surface area contributed by atoms with E-state index in [1.54, 1.807) is 12.1 Å². The van der Waals surface area contributed by atoms with Crippen LogP contribution in [-0.2, 0) is 9.53 Å². The Morgan fingerprint density at radius 2 is 1.74 bits per heavy atom. The van der Waals surface area contributed by atoms with Gasteiger partial charge in [0.15, 0.2) is 11.5 Å². The second-order valence-corrected chi connectivity index (χ2v) is 9.34. The van der Waals surface area contributed by atoms with Crippen LogP contribution in [0.1, 0.15) is 44.6 Å². The summed E-state index contributed by atoms with van der Waals surface area (Å²) in [5, 5.41) is 16.9. The molecule has 10 nitrogen and oxygen atoms in total. The lowest BCUT2D eigenvalue weighted by Gasteiger charge is -2.33. The monoisotopic (exact) mass is 462 g/mol. The molecular formula is C24H26N6O4. The van der Waals surface area contributed by atoms with Gasteiger partial charge in [-0.3, -0.25) is 10.1 Å². The van der Waals surface area contributed by atoms with Crippen molar-refractivity contribution in [2.24, 2.45) is 0 Å². The van der Waals surface area contributed by atoms with Gasteiger partial charge in [0.1, 0.15) is 11.6 Å². The van der Waals surface area contributed by atoms with Crippen molar-refractivity contribution in [3.63, 3.8) is 0 Å². The van der Waals surface area contributed by atoms with Crippen molar-refractivity contribution < 1.29 is 19.4 Å². The van der Waals surface area contributed by atoms with Crippen LogP contribution in [0.4, 0.5) is 16.3 Å². The lowest BCUT2D eigenvalue weighted by Crippen LogP contribution is -2.43. The molecule has 1 amide bonds. The number of ether oxygens (including phenoxy) is 1. The van der Waals surface area contributed by atoms with E-state index >= 15 is 0 Å². The molecule has 3 aliphatic rings. The molecule has 1 aromatic carbocycles. The van der Waals surface area contributed by atoms with Crippen LogP contribution in [0, 0.1) is 0 Å². The second-order valence-electron chi connectivity index (χ2n) is 9.34. The third kappa shape index (κ3) is 3.87. The summed E-state index contributed by atoms with van der Waals surface area (Å²) in [6.45, 7) is 1.57. The van der Waals surface area contributed by atoms with Gasteiger partial charge < -0.3 is 14.7 Å². The Labute approximate surface area is 195 Å². The summed E-state index contributed by atoms with van der Waals surface area (Å²) >= 11 is 0. The van der Waals surface area contributed by atoms with E-state index in [0.29, 0.717) is 30.1 Å². The molecule has 2 saturated heterocycles. The van der Waals surface area contributed by atoms with Gasteiger partial charge in [0, 0.05) is 37.2 Å². The quantitative estimate of drug-likeness (QED) is 0.603. The van der Waals surface area contributed by atoms with Crippen molar-refractivity contribution in [2.45, 2.75) is 56.8 Å². The number of nitrogens with zero attached hydrogens (tertiary/aromatic N) is 5. The number of rotatable bonds is 4. The normalized spacial score (nSPS) is 22.9. The number of anilines is 2. The first-order chi connectivity index (χ1) is 16.5. The molecule has 2 N–H and O–H groups in total. The Kier molecular flexibility index (Phi) is 5.17. The van der Waals surface area contributed by atoms with Crippen molar-refractivity contribution in [2.75, 3.05) is 23.3 Å². The average molecular weight is 463 g/mol. The van der Waals surface area contributed by atoms with E-state index in [9.17, 15) is 9.59 Å². The minimum absolute atomic E-state index is 0.133. The fourth-order valence-corrected chi connectivity index (χ4v) is 5.33. The molecule has 2 aromatic heterocycles. The predicted molar refractivity (Wildman–Crippen MR) is 125 cm³/mol. The molecule has 3 fully saturated rings. The zero-order valence-electron chi connectivity index (χ0n) is 18.7. The summed E-state index contributed by atoms with van der Waals surface area (Å²) in [6, 6.07) is 7.18. The summed E-state index contributed by atoms with van der Waals surface area (Å²) in [5.74, 6) is 1.73. The summed E-state index contributed by atoms with van der Waals surface area (Å²) in [5.41, 5.74) is 2.05. The second kappa shape index (κ2) is 8.35. The Bertz CT molecular complexity index is 1230. The van der Waals surface area contributed by atoms with Gasteiger partial charge in [-0.05, 0) is 49.9 Å². The van der Waals surface area contributed by atoms with Crippen LogP contribution in [0.15, 0.2) is 30.5 Å². The number of hydrogen-bond donors (Lipinski definition) is 2. The Morgan fingerprint density at radius 1 is 1.03 bits per heavy atom. The lowest BCUT2D eigenvalue weighted by atomic mass is 9.94. The minimum atomic E-state index is -1.11. The maximum atomic E-state index is 11.8. The Morgan fingerprint density at radius 3 is 2.41 bits per heavy atom. The molecule has 0 radical (unpaired) electrons. The number of aromatic nitrogens is 4. The minimum Gasteiger partial charge on any atom is -0.465 e. The highest BCUT2D eigenvalue weighted by atomic mass is 16.5. The molecule has 2 aliphatic heterocycles. The molecule has 2 unspecified atom stereocenters. The van der Waals surface area contributed by atoms with Crippen molar-refractivity contribution in [3.05, 3.63) is 30.5 Å². The maximum absolute atomic E-state index is 11.8. The van der Waals surface area contributed by atoms with Gasteiger partial charge in [-0.1, -0.05) is 0 Å². The number of Topliss-reactive ketones (excluding diaryl/α,β-unsaturated/α-hetero) is 1. The van der Waals surface area contributed by atoms with Crippen LogP contribution in [0.5, 0.6) is 0 Å². The summed E-state index contributed by atoms with van der Waals surface area (Å²) in [4.78, 5) is 34.9. The van der Waals surface area contributed by atoms with E-state index < -0.39 is 6.09 Å². The third-order valence-electron chi connectivity index (χ3n) is 7.03. The van der Waals surface area contributed by atoms with E-state index in [0.717, 1.165) is 61.2 Å². The zero-order valence-corrected chi connectivity index (χ0v) is 18.7. The van der Waals surface area contributed by atoms with Crippen molar-refractivity contribution >= 4 is 34.4 Å². The SMILES string of the molecule is O=C1CCC(n2ncc3c(N4CC5CCC(C4)O5)nc(-c4ccc(NC(=O)O)cc4)nc32)CC1. The lowest BCUT2D eigenvalue weighted by molar-refractivity contribution is -0.120. The van der Waals surface area contributed by atoms with E-state index in [1.807, 2.05) is 23.0 Å². The number of carbonyl (C=O) groups is 2. The first-order valence-corrected chi connectivity index (χ1v) is 11.8. The number of benzene rings is 1.